The second-order valence-electron chi connectivity index (χ2n) is 4.48. The Labute approximate surface area is 127 Å². The summed E-state index contributed by atoms with van der Waals surface area (Å²) in [6, 6.07) is 7.32. The third-order valence-electron chi connectivity index (χ3n) is 3.02. The molecule has 1 N–H and O–H groups in total. The summed E-state index contributed by atoms with van der Waals surface area (Å²) in [5, 5.41) is 9.31. The molecule has 5 heteroatoms. The molecule has 0 atom stereocenters. The van der Waals surface area contributed by atoms with Crippen LogP contribution < -0.4 is 4.74 Å². The number of rotatable bonds is 4. The molecule has 0 amide bonds. The number of pyridine rings is 1. The lowest BCUT2D eigenvalue weighted by Gasteiger charge is -2.08. The van der Waals surface area contributed by atoms with Crippen LogP contribution in [0, 0.1) is 0 Å². The number of aromatic nitrogens is 1. The van der Waals surface area contributed by atoms with E-state index in [4.69, 9.17) is 21.4 Å². The zero-order valence-corrected chi connectivity index (χ0v) is 12.4. The Bertz CT molecular complexity index is 710. The van der Waals surface area contributed by atoms with Gasteiger partial charge in [-0.15, -0.1) is 0 Å². The molecule has 0 saturated heterocycles. The lowest BCUT2D eigenvalue weighted by Crippen LogP contribution is -1.92. The third kappa shape index (κ3) is 3.61. The Kier molecular flexibility index (Phi) is 4.60. The number of allylic oxidation sites excluding steroid dienone is 1. The van der Waals surface area contributed by atoms with Crippen LogP contribution in [0.25, 0.3) is 16.7 Å². The molecule has 0 aliphatic rings. The predicted octanol–water partition coefficient (Wildman–Crippen LogP) is 3.90. The molecular formula is C16H14ClNO3. The van der Waals surface area contributed by atoms with Crippen molar-refractivity contribution in [1.29, 1.82) is 0 Å². The average molecular weight is 304 g/mol. The molecule has 1 aromatic heterocycles. The van der Waals surface area contributed by atoms with Gasteiger partial charge in [-0.25, -0.2) is 4.79 Å². The normalized spacial score (nSPS) is 11.3. The number of carboxylic acids is 1. The Morgan fingerprint density at radius 3 is 2.67 bits per heavy atom. The fourth-order valence-electron chi connectivity index (χ4n) is 1.93. The van der Waals surface area contributed by atoms with Crippen molar-refractivity contribution in [3.8, 4) is 16.9 Å². The molecule has 2 rings (SSSR count). The quantitative estimate of drug-likeness (QED) is 0.870. The maximum Gasteiger partial charge on any atom is 0.328 e. The minimum Gasteiger partial charge on any atom is -0.495 e. The van der Waals surface area contributed by atoms with Gasteiger partial charge in [-0.2, -0.15) is 0 Å². The van der Waals surface area contributed by atoms with E-state index in [-0.39, 0.29) is 0 Å². The van der Waals surface area contributed by atoms with Crippen molar-refractivity contribution in [1.82, 2.24) is 4.98 Å². The van der Waals surface area contributed by atoms with Gasteiger partial charge in [-0.05, 0) is 41.8 Å². The molecule has 0 spiro atoms. The van der Waals surface area contributed by atoms with Crippen molar-refractivity contribution in [3.05, 3.63) is 53.3 Å². The fourth-order valence-corrected chi connectivity index (χ4v) is 2.19. The summed E-state index contributed by atoms with van der Waals surface area (Å²) >= 11 is 6.12. The Morgan fingerprint density at radius 2 is 2.05 bits per heavy atom. The highest BCUT2D eigenvalue weighted by Crippen LogP contribution is 2.30. The van der Waals surface area contributed by atoms with Gasteiger partial charge in [0.15, 0.2) is 0 Å². The van der Waals surface area contributed by atoms with Gasteiger partial charge in [0.2, 0.25) is 0 Å². The van der Waals surface area contributed by atoms with Crippen molar-refractivity contribution in [2.45, 2.75) is 6.92 Å². The number of halogens is 1. The Balaban J connectivity index is 2.42. The first kappa shape index (κ1) is 15.1. The molecule has 0 unspecified atom stereocenters. The first-order valence-electron chi connectivity index (χ1n) is 6.22. The van der Waals surface area contributed by atoms with Gasteiger partial charge in [-0.1, -0.05) is 17.7 Å². The van der Waals surface area contributed by atoms with Crippen molar-refractivity contribution < 1.29 is 14.6 Å². The van der Waals surface area contributed by atoms with Crippen LogP contribution in [0.1, 0.15) is 12.5 Å². The first-order valence-corrected chi connectivity index (χ1v) is 6.59. The van der Waals surface area contributed by atoms with E-state index in [0.717, 1.165) is 22.8 Å². The van der Waals surface area contributed by atoms with Gasteiger partial charge >= 0.3 is 5.97 Å². The van der Waals surface area contributed by atoms with Gasteiger partial charge in [0, 0.05) is 24.0 Å². The minimum atomic E-state index is -0.981. The van der Waals surface area contributed by atoms with Crippen LogP contribution in [-0.2, 0) is 4.79 Å². The molecule has 1 heterocycles. The molecule has 4 nitrogen and oxygen atoms in total. The molecule has 0 aliphatic heterocycles. The molecule has 21 heavy (non-hydrogen) atoms. The topological polar surface area (TPSA) is 59.4 Å². The van der Waals surface area contributed by atoms with Crippen molar-refractivity contribution >= 4 is 23.1 Å². The van der Waals surface area contributed by atoms with E-state index in [1.54, 1.807) is 38.6 Å². The van der Waals surface area contributed by atoms with Crippen LogP contribution in [0.3, 0.4) is 0 Å². The summed E-state index contributed by atoms with van der Waals surface area (Å²) < 4.78 is 5.12. The van der Waals surface area contributed by atoms with Crippen molar-refractivity contribution in [2.24, 2.45) is 0 Å². The van der Waals surface area contributed by atoms with E-state index in [2.05, 4.69) is 4.98 Å². The van der Waals surface area contributed by atoms with Crippen LogP contribution in [-0.4, -0.2) is 23.2 Å². The van der Waals surface area contributed by atoms with E-state index < -0.39 is 5.97 Å². The highest BCUT2D eigenvalue weighted by atomic mass is 35.5. The van der Waals surface area contributed by atoms with Crippen LogP contribution in [0.5, 0.6) is 5.75 Å². The summed E-state index contributed by atoms with van der Waals surface area (Å²) in [6.45, 7) is 1.73. The lowest BCUT2D eigenvalue weighted by atomic mass is 10.0. The van der Waals surface area contributed by atoms with Gasteiger partial charge in [-0.3, -0.25) is 4.98 Å². The molecular weight excluding hydrogens is 290 g/mol. The van der Waals surface area contributed by atoms with Gasteiger partial charge in [0.05, 0.1) is 12.1 Å². The number of carbonyl (C=O) groups is 1. The second-order valence-corrected chi connectivity index (χ2v) is 4.88. The third-order valence-corrected chi connectivity index (χ3v) is 3.31. The van der Waals surface area contributed by atoms with E-state index in [9.17, 15) is 4.79 Å². The molecule has 108 valence electrons. The van der Waals surface area contributed by atoms with E-state index in [1.807, 2.05) is 12.1 Å². The van der Waals surface area contributed by atoms with E-state index >= 15 is 0 Å². The number of hydrogen-bond acceptors (Lipinski definition) is 3. The minimum absolute atomic E-state index is 0.512. The first-order chi connectivity index (χ1) is 10.0. The van der Waals surface area contributed by atoms with Crippen LogP contribution >= 0.6 is 11.6 Å². The second kappa shape index (κ2) is 6.41. The van der Waals surface area contributed by atoms with Gasteiger partial charge in [0.25, 0.3) is 0 Å². The Hall–Kier alpha value is -2.33. The van der Waals surface area contributed by atoms with Crippen molar-refractivity contribution in [2.75, 3.05) is 7.11 Å². The maximum absolute atomic E-state index is 10.7. The monoisotopic (exact) mass is 303 g/mol. The lowest BCUT2D eigenvalue weighted by molar-refractivity contribution is -0.131. The largest absolute Gasteiger partial charge is 0.495 e. The van der Waals surface area contributed by atoms with Crippen LogP contribution in [0.2, 0.25) is 5.02 Å². The highest BCUT2D eigenvalue weighted by molar-refractivity contribution is 6.32. The molecule has 0 aliphatic carbocycles. The number of carboxylic acid groups (broad SMARTS) is 1. The van der Waals surface area contributed by atoms with E-state index in [1.165, 1.54) is 0 Å². The number of aliphatic carboxylic acids is 1. The standard InChI is InChI=1S/C16H14ClNO3/c1-10(5-16(19)20)12-6-13(9-18-8-12)11-3-4-15(21-2)14(17)7-11/h3-9H,1-2H3,(H,19,20)/b10-5+. The number of benzene rings is 1. The average Bonchev–Trinajstić information content (AvgIpc) is 2.46. The van der Waals surface area contributed by atoms with Crippen molar-refractivity contribution in [3.63, 3.8) is 0 Å². The zero-order chi connectivity index (χ0) is 15.4. The zero-order valence-electron chi connectivity index (χ0n) is 11.6. The highest BCUT2D eigenvalue weighted by Gasteiger charge is 2.06. The van der Waals surface area contributed by atoms with Crippen LogP contribution in [0.4, 0.5) is 0 Å². The predicted molar refractivity (Wildman–Crippen MR) is 82.5 cm³/mol. The van der Waals surface area contributed by atoms with Gasteiger partial charge < -0.3 is 9.84 Å². The molecule has 0 fully saturated rings. The summed E-state index contributed by atoms with van der Waals surface area (Å²) in [7, 11) is 1.56. The SMILES string of the molecule is COc1ccc(-c2cncc(/C(C)=C/C(=O)O)c2)cc1Cl. The fraction of sp³-hybridized carbons (Fsp3) is 0.125. The summed E-state index contributed by atoms with van der Waals surface area (Å²) in [6.07, 6.45) is 4.49. The van der Waals surface area contributed by atoms with Gasteiger partial charge in [0.1, 0.15) is 5.75 Å². The smallest absolute Gasteiger partial charge is 0.328 e. The number of hydrogen-bond donors (Lipinski definition) is 1. The molecule has 0 saturated carbocycles. The van der Waals surface area contributed by atoms with Crippen LogP contribution in [0.15, 0.2) is 42.7 Å². The summed E-state index contributed by atoms with van der Waals surface area (Å²) in [5.74, 6) is -0.378. The van der Waals surface area contributed by atoms with E-state index in [0.29, 0.717) is 16.3 Å². The molecule has 0 bridgehead atoms. The summed E-state index contributed by atoms with van der Waals surface area (Å²) in [5.41, 5.74) is 3.13. The molecule has 1 aromatic carbocycles. The maximum atomic E-state index is 10.7. The number of ether oxygens (including phenoxy) is 1. The molecule has 0 radical (unpaired) electrons. The number of nitrogens with zero attached hydrogens (tertiary/aromatic N) is 1. The number of methoxy groups -OCH3 is 1. The summed E-state index contributed by atoms with van der Waals surface area (Å²) in [4.78, 5) is 14.9. The molecule has 2 aromatic rings. The Morgan fingerprint density at radius 1 is 1.29 bits per heavy atom.